The Balaban J connectivity index is 1.99. The van der Waals surface area contributed by atoms with Crippen molar-refractivity contribution >= 4 is 39.3 Å². The van der Waals surface area contributed by atoms with Crippen LogP contribution in [0.5, 0.6) is 17.2 Å². The standard InChI is InChI=1S/C26H25BrN2O6S/c1-6-35-25(31)22-14(2)28-26-29(23(22)15-7-9-19(33-4)20(12-15)34-5)24(30)21(36-26)13-16-11-17(27)8-10-18(16)32-3/h7-13,23H,6H2,1-5H3/b21-13-/t23-/m1/s1. The van der Waals surface area contributed by atoms with Gasteiger partial charge in [0.25, 0.3) is 5.56 Å². The molecule has 8 nitrogen and oxygen atoms in total. The van der Waals surface area contributed by atoms with E-state index in [2.05, 4.69) is 20.9 Å². The normalized spacial score (nSPS) is 15.3. The topological polar surface area (TPSA) is 88.4 Å². The van der Waals surface area contributed by atoms with Crippen molar-refractivity contribution in [3.8, 4) is 17.2 Å². The SMILES string of the molecule is CCOC(=O)C1=C(C)N=c2s/c(=C\c3cc(Br)ccc3OC)c(=O)n2[C@@H]1c1ccc(OC)c(OC)c1. The van der Waals surface area contributed by atoms with Gasteiger partial charge in [0.1, 0.15) is 5.75 Å². The van der Waals surface area contributed by atoms with Crippen LogP contribution in [0.3, 0.4) is 0 Å². The molecule has 1 aromatic heterocycles. The Morgan fingerprint density at radius 2 is 1.78 bits per heavy atom. The number of methoxy groups -OCH3 is 3. The van der Waals surface area contributed by atoms with Gasteiger partial charge >= 0.3 is 5.97 Å². The Kier molecular flexibility index (Phi) is 7.65. The summed E-state index contributed by atoms with van der Waals surface area (Å²) < 4.78 is 24.5. The van der Waals surface area contributed by atoms with E-state index in [-0.39, 0.29) is 12.2 Å². The van der Waals surface area contributed by atoms with Crippen LogP contribution in [0.15, 0.2) is 61.9 Å². The molecule has 2 heterocycles. The van der Waals surface area contributed by atoms with Crippen LogP contribution >= 0.6 is 27.3 Å². The lowest BCUT2D eigenvalue weighted by Gasteiger charge is -2.25. The van der Waals surface area contributed by atoms with Gasteiger partial charge in [-0.05, 0) is 55.8 Å². The molecule has 2 aromatic carbocycles. The lowest BCUT2D eigenvalue weighted by molar-refractivity contribution is -0.139. The average Bonchev–Trinajstić information content (AvgIpc) is 3.17. The Bertz CT molecular complexity index is 1540. The number of allylic oxidation sites excluding steroid dienone is 1. The first-order valence-electron chi connectivity index (χ1n) is 11.1. The number of aromatic nitrogens is 1. The number of carbonyl (C=O) groups is 1. The maximum absolute atomic E-state index is 13.8. The fraction of sp³-hybridized carbons (Fsp3) is 0.269. The van der Waals surface area contributed by atoms with Crippen LogP contribution in [-0.2, 0) is 9.53 Å². The number of nitrogens with zero attached hydrogens (tertiary/aromatic N) is 2. The molecule has 36 heavy (non-hydrogen) atoms. The average molecular weight is 573 g/mol. The third-order valence-corrected chi connectivity index (χ3v) is 7.19. The highest BCUT2D eigenvalue weighted by Crippen LogP contribution is 2.36. The first-order chi connectivity index (χ1) is 17.3. The Labute approximate surface area is 220 Å². The molecule has 0 N–H and O–H groups in total. The van der Waals surface area contributed by atoms with E-state index < -0.39 is 12.0 Å². The Morgan fingerprint density at radius 3 is 2.44 bits per heavy atom. The second-order valence-corrected chi connectivity index (χ2v) is 9.73. The van der Waals surface area contributed by atoms with Crippen molar-refractivity contribution in [3.63, 3.8) is 0 Å². The summed E-state index contributed by atoms with van der Waals surface area (Å²) in [6.07, 6.45) is 1.77. The summed E-state index contributed by atoms with van der Waals surface area (Å²) in [4.78, 5) is 32.0. The molecule has 0 radical (unpaired) electrons. The summed E-state index contributed by atoms with van der Waals surface area (Å²) in [5.74, 6) is 1.12. The second-order valence-electron chi connectivity index (χ2n) is 7.80. The van der Waals surface area contributed by atoms with Gasteiger partial charge in [-0.2, -0.15) is 0 Å². The molecule has 0 unspecified atom stereocenters. The van der Waals surface area contributed by atoms with Gasteiger partial charge in [0, 0.05) is 10.0 Å². The number of carbonyl (C=O) groups excluding carboxylic acids is 1. The third-order valence-electron chi connectivity index (χ3n) is 5.72. The zero-order chi connectivity index (χ0) is 26.0. The highest BCUT2D eigenvalue weighted by Gasteiger charge is 2.34. The van der Waals surface area contributed by atoms with Crippen LogP contribution < -0.4 is 29.1 Å². The summed E-state index contributed by atoms with van der Waals surface area (Å²) in [6.45, 7) is 3.68. The maximum atomic E-state index is 13.8. The van der Waals surface area contributed by atoms with E-state index in [4.69, 9.17) is 18.9 Å². The number of thiazole rings is 1. The molecule has 0 bridgehead atoms. The van der Waals surface area contributed by atoms with E-state index in [1.54, 1.807) is 52.3 Å². The van der Waals surface area contributed by atoms with Crippen molar-refractivity contribution in [1.82, 2.24) is 4.57 Å². The smallest absolute Gasteiger partial charge is 0.338 e. The van der Waals surface area contributed by atoms with Crippen LogP contribution in [0.1, 0.15) is 31.0 Å². The molecule has 0 saturated carbocycles. The molecule has 10 heteroatoms. The summed E-state index contributed by atoms with van der Waals surface area (Å²) in [5, 5.41) is 0. The van der Waals surface area contributed by atoms with Gasteiger partial charge in [0.15, 0.2) is 16.3 Å². The molecule has 188 valence electrons. The minimum absolute atomic E-state index is 0.196. The molecule has 1 aliphatic heterocycles. The Morgan fingerprint density at radius 1 is 1.08 bits per heavy atom. The van der Waals surface area contributed by atoms with E-state index in [1.165, 1.54) is 23.0 Å². The molecular weight excluding hydrogens is 548 g/mol. The molecule has 0 spiro atoms. The molecular formula is C26H25BrN2O6S. The molecule has 3 aromatic rings. The van der Waals surface area contributed by atoms with Gasteiger partial charge in [-0.3, -0.25) is 9.36 Å². The van der Waals surface area contributed by atoms with E-state index in [1.807, 2.05) is 18.2 Å². The fourth-order valence-electron chi connectivity index (χ4n) is 4.09. The predicted molar refractivity (Wildman–Crippen MR) is 141 cm³/mol. The molecule has 1 aliphatic rings. The van der Waals surface area contributed by atoms with Crippen LogP contribution in [0.2, 0.25) is 0 Å². The van der Waals surface area contributed by atoms with Crippen molar-refractivity contribution in [3.05, 3.63) is 83.0 Å². The van der Waals surface area contributed by atoms with Gasteiger partial charge in [-0.1, -0.05) is 33.3 Å². The van der Waals surface area contributed by atoms with Gasteiger partial charge in [0.2, 0.25) is 0 Å². The first-order valence-corrected chi connectivity index (χ1v) is 12.7. The molecule has 0 fully saturated rings. The number of halogens is 1. The van der Waals surface area contributed by atoms with Crippen LogP contribution in [0.4, 0.5) is 0 Å². The largest absolute Gasteiger partial charge is 0.496 e. The van der Waals surface area contributed by atoms with Gasteiger partial charge < -0.3 is 18.9 Å². The van der Waals surface area contributed by atoms with E-state index in [0.717, 1.165) is 10.0 Å². The van der Waals surface area contributed by atoms with Gasteiger partial charge in [-0.25, -0.2) is 9.79 Å². The van der Waals surface area contributed by atoms with E-state index >= 15 is 0 Å². The zero-order valence-corrected chi connectivity index (χ0v) is 22.9. The number of hydrogen-bond acceptors (Lipinski definition) is 8. The van der Waals surface area contributed by atoms with Gasteiger partial charge in [-0.15, -0.1) is 0 Å². The number of hydrogen-bond donors (Lipinski definition) is 0. The lowest BCUT2D eigenvalue weighted by atomic mass is 9.95. The number of benzene rings is 2. The summed E-state index contributed by atoms with van der Waals surface area (Å²) >= 11 is 4.72. The second kappa shape index (κ2) is 10.7. The van der Waals surface area contributed by atoms with Crippen molar-refractivity contribution in [2.45, 2.75) is 19.9 Å². The molecule has 1 atom stereocenters. The molecule has 0 aliphatic carbocycles. The fourth-order valence-corrected chi connectivity index (χ4v) is 5.51. The van der Waals surface area contributed by atoms with E-state index in [0.29, 0.717) is 43.4 Å². The molecule has 0 saturated heterocycles. The number of rotatable bonds is 7. The van der Waals surface area contributed by atoms with Crippen LogP contribution in [0, 0.1) is 0 Å². The minimum atomic E-state index is -0.758. The number of esters is 1. The van der Waals surface area contributed by atoms with Crippen molar-refractivity contribution in [2.24, 2.45) is 4.99 Å². The number of ether oxygens (including phenoxy) is 4. The summed E-state index contributed by atoms with van der Waals surface area (Å²) in [7, 11) is 4.66. The van der Waals surface area contributed by atoms with Crippen molar-refractivity contribution < 1.29 is 23.7 Å². The lowest BCUT2D eigenvalue weighted by Crippen LogP contribution is -2.40. The van der Waals surface area contributed by atoms with Crippen LogP contribution in [-0.4, -0.2) is 38.5 Å². The maximum Gasteiger partial charge on any atom is 0.338 e. The summed E-state index contributed by atoms with van der Waals surface area (Å²) in [6, 6.07) is 10.1. The predicted octanol–water partition coefficient (Wildman–Crippen LogP) is 3.59. The molecule has 4 rings (SSSR count). The monoisotopic (exact) mass is 572 g/mol. The van der Waals surface area contributed by atoms with E-state index in [9.17, 15) is 9.59 Å². The van der Waals surface area contributed by atoms with Crippen molar-refractivity contribution in [1.29, 1.82) is 0 Å². The quantitative estimate of drug-likeness (QED) is 0.402. The highest BCUT2D eigenvalue weighted by atomic mass is 79.9. The minimum Gasteiger partial charge on any atom is -0.496 e. The summed E-state index contributed by atoms with van der Waals surface area (Å²) in [5.41, 5.74) is 1.90. The Hall–Kier alpha value is -3.37. The zero-order valence-electron chi connectivity index (χ0n) is 20.5. The first kappa shape index (κ1) is 25.7. The van der Waals surface area contributed by atoms with Crippen molar-refractivity contribution in [2.75, 3.05) is 27.9 Å². The number of fused-ring (bicyclic) bond motifs is 1. The van der Waals surface area contributed by atoms with Crippen LogP contribution in [0.25, 0.3) is 6.08 Å². The molecule has 0 amide bonds. The van der Waals surface area contributed by atoms with Gasteiger partial charge in [0.05, 0.1) is 49.8 Å². The highest BCUT2D eigenvalue weighted by molar-refractivity contribution is 9.10. The third kappa shape index (κ3) is 4.70.